The monoisotopic (exact) mass is 574 g/mol. The lowest BCUT2D eigenvalue weighted by molar-refractivity contribution is -0.385. The minimum Gasteiger partial charge on any atom is -0.496 e. The number of nitro groups is 2. The number of non-ortho nitro benzene ring substituents is 1. The van der Waals surface area contributed by atoms with Gasteiger partial charge in [0, 0.05) is 29.4 Å². The fraction of sp³-hybridized carbons (Fsp3) is 0.0435. The van der Waals surface area contributed by atoms with Crippen LogP contribution in [-0.2, 0) is 4.79 Å². The Morgan fingerprint density at radius 1 is 1.00 bits per heavy atom. The second-order valence-electron chi connectivity index (χ2n) is 7.09. The third kappa shape index (κ3) is 6.43. The van der Waals surface area contributed by atoms with E-state index >= 15 is 0 Å². The number of rotatable bonds is 8. The molecule has 2 N–H and O–H groups in total. The Bertz CT molecular complexity index is 1390. The Labute approximate surface area is 217 Å². The summed E-state index contributed by atoms with van der Waals surface area (Å²) < 4.78 is 5.66. The van der Waals surface area contributed by atoms with Gasteiger partial charge in [-0.2, -0.15) is 0 Å². The van der Waals surface area contributed by atoms with Crippen LogP contribution in [0.25, 0.3) is 6.08 Å². The average molecular weight is 576 g/mol. The summed E-state index contributed by atoms with van der Waals surface area (Å²) in [5.41, 5.74) is -0.150. The first-order valence-corrected chi connectivity index (χ1v) is 11.1. The van der Waals surface area contributed by atoms with Gasteiger partial charge in [-0.3, -0.25) is 29.8 Å². The lowest BCUT2D eigenvalue weighted by atomic mass is 10.1. The van der Waals surface area contributed by atoms with Crippen molar-refractivity contribution in [2.75, 3.05) is 12.4 Å². The van der Waals surface area contributed by atoms with Crippen molar-refractivity contribution in [3.63, 3.8) is 0 Å². The molecule has 3 rings (SSSR count). The highest BCUT2D eigenvalue weighted by Crippen LogP contribution is 2.28. The summed E-state index contributed by atoms with van der Waals surface area (Å²) in [6.45, 7) is 0. The van der Waals surface area contributed by atoms with Crippen molar-refractivity contribution in [2.24, 2.45) is 0 Å². The zero-order chi connectivity index (χ0) is 26.4. The predicted molar refractivity (Wildman–Crippen MR) is 136 cm³/mol. The Morgan fingerprint density at radius 2 is 1.69 bits per heavy atom. The topological polar surface area (TPSA) is 154 Å². The van der Waals surface area contributed by atoms with E-state index in [1.54, 1.807) is 6.07 Å². The maximum Gasteiger partial charge on any atom is 0.289 e. The van der Waals surface area contributed by atoms with Gasteiger partial charge in [-0.25, -0.2) is 0 Å². The molecule has 0 radical (unpaired) electrons. The number of nitrogens with one attached hydrogen (secondary N) is 2. The molecule has 0 fully saturated rings. The smallest absolute Gasteiger partial charge is 0.289 e. The molecule has 2 amide bonds. The molecule has 0 saturated heterocycles. The molecule has 0 aliphatic carbocycles. The summed E-state index contributed by atoms with van der Waals surface area (Å²) in [6, 6.07) is 13.5. The molecule has 0 spiro atoms. The van der Waals surface area contributed by atoms with E-state index < -0.39 is 27.3 Å². The van der Waals surface area contributed by atoms with E-state index in [1.165, 1.54) is 61.7 Å². The molecule has 11 nitrogen and oxygen atoms in total. The summed E-state index contributed by atoms with van der Waals surface area (Å²) in [4.78, 5) is 46.8. The summed E-state index contributed by atoms with van der Waals surface area (Å²) in [7, 11) is 1.47. The highest BCUT2D eigenvalue weighted by molar-refractivity contribution is 9.10. The van der Waals surface area contributed by atoms with Crippen LogP contribution < -0.4 is 15.4 Å². The second-order valence-corrected chi connectivity index (χ2v) is 8.35. The van der Waals surface area contributed by atoms with Gasteiger partial charge in [0.25, 0.3) is 23.2 Å². The van der Waals surface area contributed by atoms with Crippen molar-refractivity contribution in [3.8, 4) is 5.75 Å². The summed E-state index contributed by atoms with van der Waals surface area (Å²) in [5.74, 6) is -0.940. The van der Waals surface area contributed by atoms with Gasteiger partial charge in [0.1, 0.15) is 16.5 Å². The van der Waals surface area contributed by atoms with Gasteiger partial charge in [-0.15, -0.1) is 0 Å². The number of nitro benzene ring substituents is 2. The van der Waals surface area contributed by atoms with Crippen LogP contribution in [0.1, 0.15) is 15.9 Å². The standard InChI is InChI=1S/C23H16BrClN4O7/c1-36-21-9-4-14(11-17(21)24)22(30)27-19(10-13-2-6-16(7-3-13)28(32)33)23(31)26-15-5-8-18(25)20(12-15)29(34)35/h2-12H,1H3,(H,26,31)(H,27,30)/b19-10-. The first kappa shape index (κ1) is 26.3. The minimum atomic E-state index is -0.800. The zero-order valence-corrected chi connectivity index (χ0v) is 20.7. The normalized spacial score (nSPS) is 10.9. The quantitative estimate of drug-likeness (QED) is 0.209. The number of methoxy groups -OCH3 is 1. The average Bonchev–Trinajstić information content (AvgIpc) is 2.84. The molecule has 0 aliphatic rings. The number of carbonyl (C=O) groups is 2. The predicted octanol–water partition coefficient (Wildman–Crippen LogP) is 5.34. The van der Waals surface area contributed by atoms with Gasteiger partial charge in [0.05, 0.1) is 21.4 Å². The highest BCUT2D eigenvalue weighted by Gasteiger charge is 2.19. The van der Waals surface area contributed by atoms with Crippen LogP contribution >= 0.6 is 27.5 Å². The number of halogens is 2. The Kier molecular flexibility index (Phi) is 8.35. The first-order chi connectivity index (χ1) is 17.1. The fourth-order valence-electron chi connectivity index (χ4n) is 2.95. The third-order valence-electron chi connectivity index (χ3n) is 4.72. The molecule has 0 bridgehead atoms. The number of amides is 2. The molecule has 3 aromatic rings. The van der Waals surface area contributed by atoms with E-state index in [9.17, 15) is 29.8 Å². The van der Waals surface area contributed by atoms with E-state index in [0.717, 1.165) is 6.07 Å². The van der Waals surface area contributed by atoms with Crippen LogP contribution in [0, 0.1) is 20.2 Å². The number of hydrogen-bond acceptors (Lipinski definition) is 7. The molecule has 0 atom stereocenters. The molecule has 0 heterocycles. The molecule has 0 saturated carbocycles. The van der Waals surface area contributed by atoms with Crippen molar-refractivity contribution >= 4 is 62.5 Å². The van der Waals surface area contributed by atoms with E-state index in [1.807, 2.05) is 0 Å². The molecule has 0 unspecified atom stereocenters. The summed E-state index contributed by atoms with van der Waals surface area (Å²) in [5, 5.41) is 27.0. The van der Waals surface area contributed by atoms with E-state index in [0.29, 0.717) is 15.8 Å². The van der Waals surface area contributed by atoms with Crippen molar-refractivity contribution in [3.05, 3.63) is 107 Å². The Hall–Kier alpha value is -4.29. The zero-order valence-electron chi connectivity index (χ0n) is 18.4. The van der Waals surface area contributed by atoms with Gasteiger partial charge < -0.3 is 15.4 Å². The number of benzene rings is 3. The number of ether oxygens (including phenoxy) is 1. The minimum absolute atomic E-state index is 0.0622. The van der Waals surface area contributed by atoms with Crippen LogP contribution in [0.3, 0.4) is 0 Å². The van der Waals surface area contributed by atoms with Gasteiger partial charge in [0.2, 0.25) is 0 Å². The molecular formula is C23H16BrClN4O7. The molecule has 36 heavy (non-hydrogen) atoms. The lowest BCUT2D eigenvalue weighted by Gasteiger charge is -2.12. The largest absolute Gasteiger partial charge is 0.496 e. The summed E-state index contributed by atoms with van der Waals surface area (Å²) in [6.07, 6.45) is 1.31. The Morgan fingerprint density at radius 3 is 2.28 bits per heavy atom. The SMILES string of the molecule is COc1ccc(C(=O)N/C(=C\c2ccc([N+](=O)[O-])cc2)C(=O)Nc2ccc(Cl)c([N+](=O)[O-])c2)cc1Br. The number of carbonyl (C=O) groups excluding carboxylic acids is 2. The van der Waals surface area contributed by atoms with Gasteiger partial charge in [-0.1, -0.05) is 11.6 Å². The maximum absolute atomic E-state index is 13.1. The highest BCUT2D eigenvalue weighted by atomic mass is 79.9. The summed E-state index contributed by atoms with van der Waals surface area (Å²) >= 11 is 9.11. The molecule has 0 aromatic heterocycles. The Balaban J connectivity index is 1.94. The maximum atomic E-state index is 13.1. The van der Waals surface area contributed by atoms with Crippen LogP contribution in [0.4, 0.5) is 17.1 Å². The van der Waals surface area contributed by atoms with Crippen molar-refractivity contribution in [2.45, 2.75) is 0 Å². The molecule has 3 aromatic carbocycles. The van der Waals surface area contributed by atoms with Crippen molar-refractivity contribution < 1.29 is 24.2 Å². The first-order valence-electron chi connectivity index (χ1n) is 9.95. The van der Waals surface area contributed by atoms with Crippen LogP contribution in [0.2, 0.25) is 5.02 Å². The molecule has 184 valence electrons. The molecule has 0 aliphatic heterocycles. The van der Waals surface area contributed by atoms with Crippen molar-refractivity contribution in [1.82, 2.24) is 5.32 Å². The van der Waals surface area contributed by atoms with Gasteiger partial charge in [0.15, 0.2) is 0 Å². The van der Waals surface area contributed by atoms with Gasteiger partial charge in [-0.05, 0) is 70.0 Å². The number of anilines is 1. The van der Waals surface area contributed by atoms with E-state index in [2.05, 4.69) is 26.6 Å². The van der Waals surface area contributed by atoms with Crippen LogP contribution in [-0.4, -0.2) is 28.8 Å². The number of nitrogens with zero attached hydrogens (tertiary/aromatic N) is 2. The van der Waals surface area contributed by atoms with E-state index in [-0.39, 0.29) is 27.7 Å². The van der Waals surface area contributed by atoms with Crippen LogP contribution in [0.15, 0.2) is 70.8 Å². The fourth-order valence-corrected chi connectivity index (χ4v) is 3.68. The lowest BCUT2D eigenvalue weighted by Crippen LogP contribution is -2.30. The third-order valence-corrected chi connectivity index (χ3v) is 5.66. The van der Waals surface area contributed by atoms with Crippen molar-refractivity contribution in [1.29, 1.82) is 0 Å². The number of hydrogen-bond donors (Lipinski definition) is 2. The van der Waals surface area contributed by atoms with E-state index in [4.69, 9.17) is 16.3 Å². The van der Waals surface area contributed by atoms with Gasteiger partial charge >= 0.3 is 0 Å². The molecule has 13 heteroatoms. The van der Waals surface area contributed by atoms with Crippen LogP contribution in [0.5, 0.6) is 5.75 Å². The second kappa shape index (κ2) is 11.4. The molecular weight excluding hydrogens is 560 g/mol.